The Morgan fingerprint density at radius 3 is 2.81 bits per heavy atom. The number of nitrogens with one attached hydrogen (secondary N) is 1. The molecular formula is C23H17N5O2S2. The Balaban J connectivity index is 1.50. The normalized spacial score (nSPS) is 20.0. The topological polar surface area (TPSA) is 98.4 Å². The molecule has 1 aromatic heterocycles. The van der Waals surface area contributed by atoms with Crippen LogP contribution in [0.4, 0.5) is 5.13 Å². The summed E-state index contributed by atoms with van der Waals surface area (Å²) in [6.07, 6.45) is 10.6. The van der Waals surface area contributed by atoms with Gasteiger partial charge in [-0.15, -0.1) is 11.3 Å². The highest BCUT2D eigenvalue weighted by atomic mass is 32.2. The first-order valence-corrected chi connectivity index (χ1v) is 11.7. The van der Waals surface area contributed by atoms with Gasteiger partial charge in [-0.3, -0.25) is 14.6 Å². The molecule has 2 unspecified atom stereocenters. The maximum absolute atomic E-state index is 13.4. The summed E-state index contributed by atoms with van der Waals surface area (Å²) in [4.78, 5) is 31.2. The SMILES string of the molecule is N#CC(C(=O)Nc1nccs1)C(=O)C1=NN(C2C=CCC=C2)C2C1=CSc1ccccc12. The van der Waals surface area contributed by atoms with Gasteiger partial charge in [-0.1, -0.05) is 54.3 Å². The van der Waals surface area contributed by atoms with Gasteiger partial charge in [0.1, 0.15) is 11.8 Å². The molecule has 0 saturated heterocycles. The van der Waals surface area contributed by atoms with E-state index in [1.54, 1.807) is 11.6 Å². The first-order chi connectivity index (χ1) is 15.7. The fourth-order valence-electron chi connectivity index (χ4n) is 3.90. The number of Topliss-reactive ketones (excluding diaryl/α,β-unsaturated/α-hetero) is 1. The van der Waals surface area contributed by atoms with Crippen LogP contribution in [0.1, 0.15) is 18.0 Å². The lowest BCUT2D eigenvalue weighted by molar-refractivity contribution is -0.125. The Bertz CT molecular complexity index is 1230. The van der Waals surface area contributed by atoms with Crippen molar-refractivity contribution in [1.29, 1.82) is 5.26 Å². The number of ketones is 1. The maximum Gasteiger partial charge on any atom is 0.251 e. The van der Waals surface area contributed by atoms with Crippen molar-refractivity contribution in [2.75, 3.05) is 5.32 Å². The van der Waals surface area contributed by atoms with Crippen molar-refractivity contribution in [2.24, 2.45) is 11.0 Å². The molecule has 2 atom stereocenters. The summed E-state index contributed by atoms with van der Waals surface area (Å²) in [6.45, 7) is 0. The number of thioether (sulfide) groups is 1. The number of amides is 1. The van der Waals surface area contributed by atoms with Crippen molar-refractivity contribution in [3.63, 3.8) is 0 Å². The average molecular weight is 460 g/mol. The molecule has 1 aromatic carbocycles. The largest absolute Gasteiger partial charge is 0.300 e. The van der Waals surface area contributed by atoms with Gasteiger partial charge in [-0.2, -0.15) is 10.4 Å². The van der Waals surface area contributed by atoms with Crippen molar-refractivity contribution < 1.29 is 9.59 Å². The van der Waals surface area contributed by atoms with E-state index in [2.05, 4.69) is 39.7 Å². The van der Waals surface area contributed by atoms with E-state index in [4.69, 9.17) is 0 Å². The summed E-state index contributed by atoms with van der Waals surface area (Å²) in [6, 6.07) is 9.49. The third-order valence-electron chi connectivity index (χ3n) is 5.37. The number of thiazole rings is 1. The number of aromatic nitrogens is 1. The van der Waals surface area contributed by atoms with Crippen LogP contribution >= 0.6 is 23.1 Å². The first-order valence-electron chi connectivity index (χ1n) is 9.98. The minimum atomic E-state index is -1.52. The number of hydrogen-bond acceptors (Lipinski definition) is 8. The lowest BCUT2D eigenvalue weighted by Gasteiger charge is -2.32. The molecule has 1 aliphatic carbocycles. The van der Waals surface area contributed by atoms with Gasteiger partial charge in [0.15, 0.2) is 11.0 Å². The molecule has 0 bridgehead atoms. The molecule has 9 heteroatoms. The molecule has 5 rings (SSSR count). The number of benzene rings is 1. The van der Waals surface area contributed by atoms with Gasteiger partial charge in [0.05, 0.1) is 12.1 Å². The molecule has 7 nitrogen and oxygen atoms in total. The first kappa shape index (κ1) is 20.4. The van der Waals surface area contributed by atoms with Gasteiger partial charge in [0.2, 0.25) is 5.78 Å². The Labute approximate surface area is 192 Å². The molecule has 0 spiro atoms. The van der Waals surface area contributed by atoms with E-state index < -0.39 is 17.6 Å². The van der Waals surface area contributed by atoms with Gasteiger partial charge in [-0.05, 0) is 23.5 Å². The molecule has 2 aromatic rings. The quantitative estimate of drug-likeness (QED) is 0.534. The number of anilines is 1. The summed E-state index contributed by atoms with van der Waals surface area (Å²) in [5.74, 6) is -2.82. The molecule has 0 radical (unpaired) electrons. The van der Waals surface area contributed by atoms with E-state index >= 15 is 0 Å². The van der Waals surface area contributed by atoms with Crippen LogP contribution in [0.2, 0.25) is 0 Å². The highest BCUT2D eigenvalue weighted by Gasteiger charge is 2.44. The molecular weight excluding hydrogens is 442 g/mol. The molecule has 3 heterocycles. The van der Waals surface area contributed by atoms with E-state index in [-0.39, 0.29) is 17.8 Å². The number of nitrogens with zero attached hydrogens (tertiary/aromatic N) is 4. The van der Waals surface area contributed by atoms with Crippen LogP contribution in [0.25, 0.3) is 0 Å². The summed E-state index contributed by atoms with van der Waals surface area (Å²) in [7, 11) is 0. The zero-order valence-corrected chi connectivity index (χ0v) is 18.3. The lowest BCUT2D eigenvalue weighted by Crippen LogP contribution is -2.34. The third-order valence-corrected chi connectivity index (χ3v) is 7.05. The number of nitriles is 1. The van der Waals surface area contributed by atoms with Gasteiger partial charge >= 0.3 is 0 Å². The van der Waals surface area contributed by atoms with Crippen LogP contribution in [0, 0.1) is 17.2 Å². The minimum Gasteiger partial charge on any atom is -0.300 e. The smallest absolute Gasteiger partial charge is 0.251 e. The van der Waals surface area contributed by atoms with Crippen LogP contribution in [0.3, 0.4) is 0 Å². The fourth-order valence-corrected chi connectivity index (χ4v) is 5.39. The van der Waals surface area contributed by atoms with Crippen LogP contribution in [-0.2, 0) is 9.59 Å². The molecule has 32 heavy (non-hydrogen) atoms. The molecule has 1 N–H and O–H groups in total. The molecule has 2 aliphatic heterocycles. The summed E-state index contributed by atoms with van der Waals surface area (Å²) in [5.41, 5.74) is 1.92. The summed E-state index contributed by atoms with van der Waals surface area (Å²) in [5, 5.41) is 22.7. The second-order valence-electron chi connectivity index (χ2n) is 7.30. The van der Waals surface area contributed by atoms with E-state index in [1.165, 1.54) is 23.1 Å². The maximum atomic E-state index is 13.4. The number of hydrogen-bond donors (Lipinski definition) is 1. The van der Waals surface area contributed by atoms with Crippen molar-refractivity contribution in [2.45, 2.75) is 23.4 Å². The highest BCUT2D eigenvalue weighted by molar-refractivity contribution is 8.02. The van der Waals surface area contributed by atoms with Crippen molar-refractivity contribution >= 4 is 45.6 Å². The average Bonchev–Trinajstić information content (AvgIpc) is 3.48. The predicted molar refractivity (Wildman–Crippen MR) is 124 cm³/mol. The Morgan fingerprint density at radius 2 is 2.06 bits per heavy atom. The van der Waals surface area contributed by atoms with Crippen LogP contribution in [-0.4, -0.2) is 33.4 Å². The summed E-state index contributed by atoms with van der Waals surface area (Å²) >= 11 is 2.74. The number of allylic oxidation sites excluding steroid dienone is 2. The van der Waals surface area contributed by atoms with E-state index in [1.807, 2.05) is 40.8 Å². The van der Waals surface area contributed by atoms with Gasteiger partial charge in [0.25, 0.3) is 5.91 Å². The monoisotopic (exact) mass is 459 g/mol. The van der Waals surface area contributed by atoms with Crippen molar-refractivity contribution in [1.82, 2.24) is 9.99 Å². The zero-order chi connectivity index (χ0) is 22.1. The van der Waals surface area contributed by atoms with Crippen LogP contribution in [0.15, 0.2) is 81.1 Å². The second kappa shape index (κ2) is 8.57. The number of rotatable bonds is 5. The molecule has 3 aliphatic rings. The standard InChI is InChI=1S/C23H17N5O2S2/c24-12-16(22(30)26-23-25-10-11-31-23)21(29)19-17-13-32-18-9-5-4-8-15(18)20(17)28(27-19)14-6-2-1-3-7-14/h2-11,13-14,16,20H,1H2,(H,25,26,30). The number of carbonyl (C=O) groups excluding carboxylic acids is 2. The third kappa shape index (κ3) is 3.57. The fraction of sp³-hybridized carbons (Fsp3) is 0.174. The van der Waals surface area contributed by atoms with E-state index in [9.17, 15) is 14.9 Å². The molecule has 1 amide bonds. The highest BCUT2D eigenvalue weighted by Crippen LogP contribution is 2.47. The van der Waals surface area contributed by atoms with Crippen LogP contribution in [0.5, 0.6) is 0 Å². The number of hydrazone groups is 1. The van der Waals surface area contributed by atoms with Gasteiger partial charge in [0, 0.05) is 22.0 Å². The van der Waals surface area contributed by atoms with Crippen molar-refractivity contribution in [3.8, 4) is 6.07 Å². The number of carbonyl (C=O) groups is 2. The zero-order valence-electron chi connectivity index (χ0n) is 16.7. The Hall–Kier alpha value is -3.48. The lowest BCUT2D eigenvalue weighted by atomic mass is 9.90. The Kier molecular flexibility index (Phi) is 5.47. The minimum absolute atomic E-state index is 0.122. The summed E-state index contributed by atoms with van der Waals surface area (Å²) < 4.78 is 0. The van der Waals surface area contributed by atoms with Gasteiger partial charge in [-0.25, -0.2) is 4.98 Å². The van der Waals surface area contributed by atoms with E-state index in [0.717, 1.165) is 16.9 Å². The van der Waals surface area contributed by atoms with Crippen LogP contribution < -0.4 is 5.32 Å². The number of fused-ring (bicyclic) bond motifs is 3. The van der Waals surface area contributed by atoms with Gasteiger partial charge < -0.3 is 5.32 Å². The van der Waals surface area contributed by atoms with Crippen molar-refractivity contribution in [3.05, 3.63) is 76.7 Å². The molecule has 0 saturated carbocycles. The molecule has 0 fully saturated rings. The Morgan fingerprint density at radius 1 is 1.25 bits per heavy atom. The predicted octanol–water partition coefficient (Wildman–Crippen LogP) is 4.08. The second-order valence-corrected chi connectivity index (χ2v) is 9.10. The molecule has 158 valence electrons. The van der Waals surface area contributed by atoms with E-state index in [0.29, 0.717) is 10.7 Å².